The van der Waals surface area contributed by atoms with Crippen LogP contribution in [0.3, 0.4) is 0 Å². The Hall–Kier alpha value is -2.89. The van der Waals surface area contributed by atoms with Crippen LogP contribution in [0.2, 0.25) is 0 Å². The third kappa shape index (κ3) is 5.55. The van der Waals surface area contributed by atoms with Gasteiger partial charge in [-0.15, -0.1) is 0 Å². The highest BCUT2D eigenvalue weighted by Crippen LogP contribution is 2.32. The van der Waals surface area contributed by atoms with Gasteiger partial charge < -0.3 is 14.5 Å². The second-order valence-corrected chi connectivity index (χ2v) is 10.2. The summed E-state index contributed by atoms with van der Waals surface area (Å²) in [5.74, 6) is -0.692. The lowest BCUT2D eigenvalue weighted by Gasteiger charge is -2.35. The summed E-state index contributed by atoms with van der Waals surface area (Å²) in [6, 6.07) is 5.64. The van der Waals surface area contributed by atoms with E-state index >= 15 is 0 Å². The van der Waals surface area contributed by atoms with E-state index in [4.69, 9.17) is 4.74 Å². The first kappa shape index (κ1) is 23.3. The van der Waals surface area contributed by atoms with Gasteiger partial charge in [-0.25, -0.2) is 18.4 Å². The van der Waals surface area contributed by atoms with Crippen molar-refractivity contribution in [3.05, 3.63) is 41.9 Å². The molecule has 0 bridgehead atoms. The molecule has 0 spiro atoms. The molecule has 4 rings (SSSR count). The zero-order valence-corrected chi connectivity index (χ0v) is 18.7. The van der Waals surface area contributed by atoms with Gasteiger partial charge in [-0.1, -0.05) is 0 Å². The normalized spacial score (nSPS) is 17.2. The van der Waals surface area contributed by atoms with Crippen LogP contribution in [-0.2, 0) is 16.0 Å². The van der Waals surface area contributed by atoms with Gasteiger partial charge in [0.25, 0.3) is 5.91 Å². The van der Waals surface area contributed by atoms with E-state index in [1.54, 1.807) is 4.90 Å². The molecule has 0 N–H and O–H groups in total. The van der Waals surface area contributed by atoms with Crippen LogP contribution in [0.4, 0.5) is 19.0 Å². The molecule has 2 fully saturated rings. The maximum absolute atomic E-state index is 13.2. The van der Waals surface area contributed by atoms with E-state index in [-0.39, 0.29) is 48.4 Å². The first-order chi connectivity index (χ1) is 15.5. The number of halogens is 3. The molecule has 0 atom stereocenters. The second-order valence-electron chi connectivity index (χ2n) is 8.20. The van der Waals surface area contributed by atoms with Gasteiger partial charge in [0.2, 0.25) is 5.82 Å². The summed E-state index contributed by atoms with van der Waals surface area (Å²) >= 11 is 0. The summed E-state index contributed by atoms with van der Waals surface area (Å²) in [6.45, 7) is 1.46. The van der Waals surface area contributed by atoms with E-state index in [0.29, 0.717) is 18.3 Å². The molecule has 1 aliphatic carbocycles. The lowest BCUT2D eigenvalue weighted by atomic mass is 10.1. The molecular formula is C21H23F3N4O4S. The Labute approximate surface area is 189 Å². The fourth-order valence-corrected chi connectivity index (χ4v) is 4.14. The number of benzene rings is 1. The Morgan fingerprint density at radius 3 is 2.45 bits per heavy atom. The van der Waals surface area contributed by atoms with Gasteiger partial charge in [0.15, 0.2) is 9.84 Å². The molecule has 1 amide bonds. The highest BCUT2D eigenvalue weighted by molar-refractivity contribution is 7.90. The molecule has 2 aromatic rings. The topological polar surface area (TPSA) is 92.7 Å². The summed E-state index contributed by atoms with van der Waals surface area (Å²) in [5, 5.41) is 0. The molecule has 1 saturated carbocycles. The Balaban J connectivity index is 1.50. The van der Waals surface area contributed by atoms with Gasteiger partial charge in [-0.2, -0.15) is 13.2 Å². The van der Waals surface area contributed by atoms with Crippen LogP contribution in [0.5, 0.6) is 5.75 Å². The number of hydrogen-bond acceptors (Lipinski definition) is 7. The van der Waals surface area contributed by atoms with Crippen molar-refractivity contribution in [2.75, 3.05) is 43.9 Å². The van der Waals surface area contributed by atoms with Gasteiger partial charge in [-0.05, 0) is 43.0 Å². The van der Waals surface area contributed by atoms with Crippen molar-refractivity contribution in [3.8, 4) is 5.75 Å². The molecule has 2 heterocycles. The predicted octanol–water partition coefficient (Wildman–Crippen LogP) is 2.65. The van der Waals surface area contributed by atoms with Crippen LogP contribution in [-0.4, -0.2) is 68.2 Å². The fourth-order valence-electron chi connectivity index (χ4n) is 3.50. The SMILES string of the molecule is CS(=O)(=O)c1ccc(OCC2CC2)c(C(=O)N2CCN(c3ccnc(C(F)(F)F)n3)CC2)c1. The molecule has 178 valence electrons. The number of carbonyl (C=O) groups excluding carboxylic acids is 1. The number of ether oxygens (including phenoxy) is 1. The van der Waals surface area contributed by atoms with Crippen LogP contribution in [0.1, 0.15) is 29.0 Å². The Morgan fingerprint density at radius 1 is 1.15 bits per heavy atom. The van der Waals surface area contributed by atoms with Crippen LogP contribution >= 0.6 is 0 Å². The lowest BCUT2D eigenvalue weighted by Crippen LogP contribution is -2.49. The van der Waals surface area contributed by atoms with E-state index in [2.05, 4.69) is 9.97 Å². The minimum atomic E-state index is -4.64. The van der Waals surface area contributed by atoms with Crippen molar-refractivity contribution in [1.82, 2.24) is 14.9 Å². The van der Waals surface area contributed by atoms with Gasteiger partial charge in [0.05, 0.1) is 17.1 Å². The average Bonchev–Trinajstić information content (AvgIpc) is 3.61. The van der Waals surface area contributed by atoms with Gasteiger partial charge in [0, 0.05) is 38.6 Å². The molecule has 0 radical (unpaired) electrons. The average molecular weight is 485 g/mol. The maximum atomic E-state index is 13.2. The summed E-state index contributed by atoms with van der Waals surface area (Å²) in [7, 11) is -3.53. The molecule has 12 heteroatoms. The van der Waals surface area contributed by atoms with Crippen LogP contribution < -0.4 is 9.64 Å². The molecule has 1 saturated heterocycles. The number of carbonyl (C=O) groups is 1. The van der Waals surface area contributed by atoms with E-state index in [1.165, 1.54) is 29.2 Å². The zero-order valence-electron chi connectivity index (χ0n) is 17.9. The van der Waals surface area contributed by atoms with Crippen LogP contribution in [0.25, 0.3) is 0 Å². The summed E-state index contributed by atoms with van der Waals surface area (Å²) in [5.41, 5.74) is 0.161. The largest absolute Gasteiger partial charge is 0.492 e. The lowest BCUT2D eigenvalue weighted by molar-refractivity contribution is -0.144. The first-order valence-electron chi connectivity index (χ1n) is 10.4. The first-order valence-corrected chi connectivity index (χ1v) is 12.3. The number of aromatic nitrogens is 2. The number of anilines is 1. The summed E-state index contributed by atoms with van der Waals surface area (Å²) < 4.78 is 68.5. The summed E-state index contributed by atoms with van der Waals surface area (Å²) in [6.07, 6.45) is -0.396. The van der Waals surface area contributed by atoms with E-state index < -0.39 is 21.8 Å². The van der Waals surface area contributed by atoms with Crippen molar-refractivity contribution in [1.29, 1.82) is 0 Å². The molecule has 8 nitrogen and oxygen atoms in total. The maximum Gasteiger partial charge on any atom is 0.451 e. The van der Waals surface area contributed by atoms with Gasteiger partial charge in [-0.3, -0.25) is 4.79 Å². The monoisotopic (exact) mass is 484 g/mol. The van der Waals surface area contributed by atoms with Crippen molar-refractivity contribution >= 4 is 21.6 Å². The smallest absolute Gasteiger partial charge is 0.451 e. The number of rotatable bonds is 6. The number of piperazine rings is 1. The third-order valence-electron chi connectivity index (χ3n) is 5.57. The third-order valence-corrected chi connectivity index (χ3v) is 6.68. The zero-order chi connectivity index (χ0) is 23.8. The molecular weight excluding hydrogens is 461 g/mol. The number of hydrogen-bond donors (Lipinski definition) is 0. The number of sulfone groups is 1. The van der Waals surface area contributed by atoms with E-state index in [0.717, 1.165) is 25.3 Å². The molecule has 33 heavy (non-hydrogen) atoms. The minimum Gasteiger partial charge on any atom is -0.492 e. The van der Waals surface area contributed by atoms with Crippen molar-refractivity contribution < 1.29 is 31.1 Å². The molecule has 0 unspecified atom stereocenters. The Bertz CT molecular complexity index is 1140. The second kappa shape index (κ2) is 8.81. The Morgan fingerprint density at radius 2 is 1.85 bits per heavy atom. The van der Waals surface area contributed by atoms with E-state index in [1.807, 2.05) is 0 Å². The number of alkyl halides is 3. The van der Waals surface area contributed by atoms with Crippen molar-refractivity contribution in [3.63, 3.8) is 0 Å². The predicted molar refractivity (Wildman–Crippen MR) is 113 cm³/mol. The minimum absolute atomic E-state index is 0.0175. The molecule has 1 aliphatic heterocycles. The van der Waals surface area contributed by atoms with Crippen molar-refractivity contribution in [2.24, 2.45) is 5.92 Å². The quantitative estimate of drug-likeness (QED) is 0.622. The Kier molecular flexibility index (Phi) is 6.21. The van der Waals surface area contributed by atoms with Crippen LogP contribution in [0, 0.1) is 5.92 Å². The van der Waals surface area contributed by atoms with E-state index in [9.17, 15) is 26.4 Å². The highest BCUT2D eigenvalue weighted by atomic mass is 32.2. The number of nitrogens with zero attached hydrogens (tertiary/aromatic N) is 4. The summed E-state index contributed by atoms with van der Waals surface area (Å²) in [4.78, 5) is 23.3. The fraction of sp³-hybridized carbons (Fsp3) is 0.476. The highest BCUT2D eigenvalue weighted by Gasteiger charge is 2.35. The molecule has 1 aromatic carbocycles. The van der Waals surface area contributed by atoms with Crippen LogP contribution in [0.15, 0.2) is 35.4 Å². The number of amides is 1. The molecule has 2 aliphatic rings. The van der Waals surface area contributed by atoms with Gasteiger partial charge in [0.1, 0.15) is 11.6 Å². The molecule has 1 aromatic heterocycles. The standard InChI is InChI=1S/C21H23F3N4O4S/c1-33(30,31)15-4-5-17(32-13-14-2-3-14)16(12-15)19(29)28-10-8-27(9-11-28)18-6-7-25-20(26-18)21(22,23)24/h4-7,12,14H,2-3,8-11,13H2,1H3. The van der Waals surface area contributed by atoms with Gasteiger partial charge >= 0.3 is 6.18 Å². The van der Waals surface area contributed by atoms with Crippen molar-refractivity contribution in [2.45, 2.75) is 23.9 Å².